The lowest BCUT2D eigenvalue weighted by molar-refractivity contribution is 0.194. The number of hydrogen-bond donors (Lipinski definition) is 1. The summed E-state index contributed by atoms with van der Waals surface area (Å²) in [5.74, 6) is 0.797. The Kier molecular flexibility index (Phi) is 3.94. The third-order valence-electron chi connectivity index (χ3n) is 3.95. The van der Waals surface area contributed by atoms with E-state index < -0.39 is 6.10 Å². The first-order valence-electron chi connectivity index (χ1n) is 7.16. The summed E-state index contributed by atoms with van der Waals surface area (Å²) in [6.45, 7) is 0.538. The Labute approximate surface area is 129 Å². The van der Waals surface area contributed by atoms with Crippen LogP contribution in [0.2, 0.25) is 0 Å². The summed E-state index contributed by atoms with van der Waals surface area (Å²) in [5, 5.41) is 19.1. The van der Waals surface area contributed by atoms with E-state index >= 15 is 0 Å². The summed E-state index contributed by atoms with van der Waals surface area (Å²) in [6.07, 6.45) is 1.88. The molecule has 0 saturated carbocycles. The van der Waals surface area contributed by atoms with Gasteiger partial charge in [0, 0.05) is 18.4 Å². The molecular formula is C17H17N3O2. The van der Waals surface area contributed by atoms with E-state index in [0.717, 1.165) is 17.0 Å². The van der Waals surface area contributed by atoms with Crippen LogP contribution in [0.3, 0.4) is 0 Å². The van der Waals surface area contributed by atoms with Crippen molar-refractivity contribution in [3.63, 3.8) is 0 Å². The Morgan fingerprint density at radius 1 is 1.36 bits per heavy atom. The fraction of sp³-hybridized carbons (Fsp3) is 0.294. The minimum absolute atomic E-state index is 0.0547. The second-order valence-corrected chi connectivity index (χ2v) is 5.35. The number of nitrogens with zero attached hydrogens (tertiary/aromatic N) is 3. The van der Waals surface area contributed by atoms with Crippen LogP contribution in [0.15, 0.2) is 42.6 Å². The molecular weight excluding hydrogens is 278 g/mol. The van der Waals surface area contributed by atoms with Gasteiger partial charge in [0.1, 0.15) is 17.5 Å². The van der Waals surface area contributed by atoms with Crippen molar-refractivity contribution in [3.8, 4) is 11.8 Å². The second kappa shape index (κ2) is 6.04. The number of aromatic nitrogens is 1. The maximum Gasteiger partial charge on any atom is 0.142 e. The third-order valence-corrected chi connectivity index (χ3v) is 3.95. The first-order valence-corrected chi connectivity index (χ1v) is 7.16. The van der Waals surface area contributed by atoms with E-state index in [0.29, 0.717) is 18.7 Å². The van der Waals surface area contributed by atoms with Gasteiger partial charge < -0.3 is 14.7 Å². The highest BCUT2D eigenvalue weighted by atomic mass is 16.5. The standard InChI is InChI=1S/C17H17N3O2/c1-22-16-4-2-3-12(7-16)17-9-15(21)11-20(17)14-5-6-19-13(8-14)10-18/h2-8,15,17,21H,9,11H2,1H3/t15-,17-/m1/s1. The minimum atomic E-state index is -0.394. The zero-order valence-corrected chi connectivity index (χ0v) is 12.3. The van der Waals surface area contributed by atoms with Gasteiger partial charge in [-0.15, -0.1) is 0 Å². The largest absolute Gasteiger partial charge is 0.497 e. The van der Waals surface area contributed by atoms with Crippen molar-refractivity contribution in [2.24, 2.45) is 0 Å². The smallest absolute Gasteiger partial charge is 0.142 e. The van der Waals surface area contributed by atoms with Gasteiger partial charge in [0.25, 0.3) is 0 Å². The van der Waals surface area contributed by atoms with E-state index in [1.807, 2.05) is 30.3 Å². The van der Waals surface area contributed by atoms with Crippen molar-refractivity contribution in [1.82, 2.24) is 4.98 Å². The molecule has 1 aliphatic heterocycles. The van der Waals surface area contributed by atoms with Crippen LogP contribution in [0.4, 0.5) is 5.69 Å². The molecule has 0 unspecified atom stereocenters. The quantitative estimate of drug-likeness (QED) is 0.940. The van der Waals surface area contributed by atoms with Gasteiger partial charge in [0.15, 0.2) is 0 Å². The van der Waals surface area contributed by atoms with Crippen molar-refractivity contribution >= 4 is 5.69 Å². The van der Waals surface area contributed by atoms with Crippen LogP contribution in [0.25, 0.3) is 0 Å². The lowest BCUT2D eigenvalue weighted by Gasteiger charge is -2.27. The Bertz CT molecular complexity index is 711. The highest BCUT2D eigenvalue weighted by molar-refractivity contribution is 5.53. The molecule has 0 aliphatic carbocycles. The minimum Gasteiger partial charge on any atom is -0.497 e. The van der Waals surface area contributed by atoms with Crippen molar-refractivity contribution in [2.45, 2.75) is 18.6 Å². The lowest BCUT2D eigenvalue weighted by atomic mass is 10.0. The van der Waals surface area contributed by atoms with E-state index in [1.54, 1.807) is 19.4 Å². The molecule has 112 valence electrons. The van der Waals surface area contributed by atoms with Crippen molar-refractivity contribution in [1.29, 1.82) is 5.26 Å². The van der Waals surface area contributed by atoms with Crippen molar-refractivity contribution in [2.75, 3.05) is 18.6 Å². The zero-order chi connectivity index (χ0) is 15.5. The molecule has 2 aromatic rings. The number of aliphatic hydroxyl groups excluding tert-OH is 1. The third kappa shape index (κ3) is 2.74. The summed E-state index contributed by atoms with van der Waals surface area (Å²) in [6, 6.07) is 13.6. The molecule has 0 spiro atoms. The van der Waals surface area contributed by atoms with Gasteiger partial charge in [-0.25, -0.2) is 4.98 Å². The molecule has 22 heavy (non-hydrogen) atoms. The zero-order valence-electron chi connectivity index (χ0n) is 12.3. The molecule has 5 nitrogen and oxygen atoms in total. The predicted molar refractivity (Wildman–Crippen MR) is 82.7 cm³/mol. The van der Waals surface area contributed by atoms with E-state index in [1.165, 1.54) is 0 Å². The molecule has 1 N–H and O–H groups in total. The maximum absolute atomic E-state index is 10.1. The molecule has 2 heterocycles. The number of pyridine rings is 1. The first kappa shape index (κ1) is 14.4. The van der Waals surface area contributed by atoms with Gasteiger partial charge in [-0.2, -0.15) is 5.26 Å². The monoisotopic (exact) mass is 295 g/mol. The summed E-state index contributed by atoms with van der Waals surface area (Å²) < 4.78 is 5.28. The first-order chi connectivity index (χ1) is 10.7. The van der Waals surface area contributed by atoms with E-state index in [-0.39, 0.29) is 6.04 Å². The number of ether oxygens (including phenoxy) is 1. The number of nitriles is 1. The van der Waals surface area contributed by atoms with E-state index in [9.17, 15) is 5.11 Å². The topological polar surface area (TPSA) is 69.4 Å². The molecule has 5 heteroatoms. The van der Waals surface area contributed by atoms with Gasteiger partial charge in [-0.3, -0.25) is 0 Å². The van der Waals surface area contributed by atoms with Gasteiger partial charge >= 0.3 is 0 Å². The molecule has 3 rings (SSSR count). The van der Waals surface area contributed by atoms with Gasteiger partial charge in [-0.05, 0) is 36.2 Å². The fourth-order valence-electron chi connectivity index (χ4n) is 2.92. The van der Waals surface area contributed by atoms with E-state index in [2.05, 4.69) is 16.0 Å². The molecule has 1 aromatic carbocycles. The van der Waals surface area contributed by atoms with Crippen LogP contribution in [0.5, 0.6) is 5.75 Å². The summed E-state index contributed by atoms with van der Waals surface area (Å²) in [4.78, 5) is 6.12. The molecule has 2 atom stereocenters. The molecule has 1 aromatic heterocycles. The van der Waals surface area contributed by atoms with Crippen LogP contribution in [-0.4, -0.2) is 29.8 Å². The average Bonchev–Trinajstić information content (AvgIpc) is 2.97. The maximum atomic E-state index is 10.1. The number of aliphatic hydroxyl groups is 1. The van der Waals surface area contributed by atoms with Crippen molar-refractivity contribution in [3.05, 3.63) is 53.9 Å². The van der Waals surface area contributed by atoms with E-state index in [4.69, 9.17) is 10.00 Å². The van der Waals surface area contributed by atoms with Crippen LogP contribution in [0, 0.1) is 11.3 Å². The van der Waals surface area contributed by atoms with Crippen LogP contribution >= 0.6 is 0 Å². The normalized spacial score (nSPS) is 20.7. The molecule has 1 fully saturated rings. The highest BCUT2D eigenvalue weighted by Crippen LogP contribution is 2.37. The Morgan fingerprint density at radius 2 is 2.23 bits per heavy atom. The Balaban J connectivity index is 1.96. The highest BCUT2D eigenvalue weighted by Gasteiger charge is 2.32. The molecule has 0 radical (unpaired) electrons. The second-order valence-electron chi connectivity index (χ2n) is 5.35. The number of anilines is 1. The van der Waals surface area contributed by atoms with Crippen LogP contribution < -0.4 is 9.64 Å². The predicted octanol–water partition coefficient (Wildman–Crippen LogP) is 2.27. The molecule has 1 saturated heterocycles. The number of rotatable bonds is 3. The van der Waals surface area contributed by atoms with Crippen molar-refractivity contribution < 1.29 is 9.84 Å². The number of hydrogen-bond acceptors (Lipinski definition) is 5. The number of methoxy groups -OCH3 is 1. The lowest BCUT2D eigenvalue weighted by Crippen LogP contribution is -2.24. The Morgan fingerprint density at radius 3 is 3.00 bits per heavy atom. The average molecular weight is 295 g/mol. The molecule has 0 bridgehead atoms. The number of β-amino-alcohol motifs (C(OH)–C–C–N with tert-alkyl or cyclic N) is 1. The SMILES string of the molecule is COc1cccc([C@H]2C[C@@H](O)CN2c2ccnc(C#N)c2)c1. The Hall–Kier alpha value is -2.58. The molecule has 0 amide bonds. The summed E-state index contributed by atoms with van der Waals surface area (Å²) in [7, 11) is 1.64. The van der Waals surface area contributed by atoms with Gasteiger partial charge in [-0.1, -0.05) is 12.1 Å². The van der Waals surface area contributed by atoms with Crippen LogP contribution in [-0.2, 0) is 0 Å². The summed E-state index contributed by atoms with van der Waals surface area (Å²) in [5.41, 5.74) is 2.37. The van der Waals surface area contributed by atoms with Gasteiger partial charge in [0.2, 0.25) is 0 Å². The molecule has 1 aliphatic rings. The van der Waals surface area contributed by atoms with Crippen LogP contribution in [0.1, 0.15) is 23.7 Å². The number of benzene rings is 1. The fourth-order valence-corrected chi connectivity index (χ4v) is 2.92. The van der Waals surface area contributed by atoms with Gasteiger partial charge in [0.05, 0.1) is 19.3 Å². The summed E-state index contributed by atoms with van der Waals surface area (Å²) >= 11 is 0.